The average Bonchev–Trinajstić information content (AvgIpc) is 2.99. The van der Waals surface area contributed by atoms with Gasteiger partial charge in [0.2, 0.25) is 5.91 Å². The first-order chi connectivity index (χ1) is 9.63. The van der Waals surface area contributed by atoms with Gasteiger partial charge in [-0.05, 0) is 37.4 Å². The molecule has 0 bridgehead atoms. The molecule has 0 aromatic heterocycles. The van der Waals surface area contributed by atoms with Crippen LogP contribution in [0.1, 0.15) is 25.3 Å². The number of nitrogens with one attached hydrogen (secondary N) is 1. The summed E-state index contributed by atoms with van der Waals surface area (Å²) in [6.07, 6.45) is 2.75. The number of hydrogen-bond acceptors (Lipinski definition) is 2. The predicted octanol–water partition coefficient (Wildman–Crippen LogP) is 2.84. The Morgan fingerprint density at radius 3 is 2.85 bits per heavy atom. The van der Waals surface area contributed by atoms with Gasteiger partial charge in [0, 0.05) is 30.0 Å². The molecule has 1 aliphatic rings. The van der Waals surface area contributed by atoms with E-state index in [9.17, 15) is 4.79 Å². The Balaban J connectivity index is 2.03. The van der Waals surface area contributed by atoms with Crippen molar-refractivity contribution >= 4 is 21.8 Å². The van der Waals surface area contributed by atoms with E-state index in [1.165, 1.54) is 5.56 Å². The number of halogens is 1. The standard InChI is InChI=1S/C16H23BrN2O/c1-3-12(10-13-6-4-5-7-15(13)17)16(20)19(2)14-8-9-18-11-14/h4-7,12,14,18H,3,8-11H2,1-2H3. The summed E-state index contributed by atoms with van der Waals surface area (Å²) in [5.74, 6) is 0.344. The van der Waals surface area contributed by atoms with Crippen LogP contribution in [-0.2, 0) is 11.2 Å². The van der Waals surface area contributed by atoms with E-state index < -0.39 is 0 Å². The average molecular weight is 339 g/mol. The van der Waals surface area contributed by atoms with Gasteiger partial charge in [-0.2, -0.15) is 0 Å². The monoisotopic (exact) mass is 338 g/mol. The van der Waals surface area contributed by atoms with Gasteiger partial charge in [0.15, 0.2) is 0 Å². The number of amides is 1. The molecule has 1 saturated heterocycles. The van der Waals surface area contributed by atoms with Gasteiger partial charge < -0.3 is 10.2 Å². The second-order valence-electron chi connectivity index (χ2n) is 5.50. The molecule has 2 unspecified atom stereocenters. The second kappa shape index (κ2) is 7.23. The fraction of sp³-hybridized carbons (Fsp3) is 0.562. The first kappa shape index (κ1) is 15.5. The smallest absolute Gasteiger partial charge is 0.226 e. The highest BCUT2D eigenvalue weighted by Crippen LogP contribution is 2.23. The van der Waals surface area contributed by atoms with Gasteiger partial charge in [-0.3, -0.25) is 4.79 Å². The minimum absolute atomic E-state index is 0.0688. The number of carbonyl (C=O) groups excluding carboxylic acids is 1. The summed E-state index contributed by atoms with van der Waals surface area (Å²) in [7, 11) is 1.95. The molecule has 1 aromatic carbocycles. The molecule has 1 amide bonds. The van der Waals surface area contributed by atoms with E-state index in [1.54, 1.807) is 0 Å². The van der Waals surface area contributed by atoms with Crippen LogP contribution in [0.2, 0.25) is 0 Å². The Hall–Kier alpha value is -0.870. The van der Waals surface area contributed by atoms with Crippen LogP contribution in [0.4, 0.5) is 0 Å². The lowest BCUT2D eigenvalue weighted by Crippen LogP contribution is -2.42. The van der Waals surface area contributed by atoms with Crippen molar-refractivity contribution in [3.63, 3.8) is 0 Å². The first-order valence-electron chi connectivity index (χ1n) is 7.34. The van der Waals surface area contributed by atoms with E-state index in [4.69, 9.17) is 0 Å². The van der Waals surface area contributed by atoms with Crippen LogP contribution < -0.4 is 5.32 Å². The lowest BCUT2D eigenvalue weighted by Gasteiger charge is -2.28. The van der Waals surface area contributed by atoms with Crippen molar-refractivity contribution in [1.29, 1.82) is 0 Å². The van der Waals surface area contributed by atoms with Gasteiger partial charge in [0.1, 0.15) is 0 Å². The number of hydrogen-bond donors (Lipinski definition) is 1. The van der Waals surface area contributed by atoms with Crippen LogP contribution >= 0.6 is 15.9 Å². The molecule has 2 atom stereocenters. The quantitative estimate of drug-likeness (QED) is 0.895. The molecule has 3 nitrogen and oxygen atoms in total. The Kier molecular flexibility index (Phi) is 5.61. The summed E-state index contributed by atoms with van der Waals surface area (Å²) in [5.41, 5.74) is 1.21. The van der Waals surface area contributed by atoms with Gasteiger partial charge in [0.25, 0.3) is 0 Å². The van der Waals surface area contributed by atoms with Crippen LogP contribution in [0.3, 0.4) is 0 Å². The minimum atomic E-state index is 0.0688. The molecule has 1 aliphatic heterocycles. The molecule has 0 spiro atoms. The molecule has 0 aliphatic carbocycles. The van der Waals surface area contributed by atoms with Crippen molar-refractivity contribution in [2.75, 3.05) is 20.1 Å². The fourth-order valence-electron chi connectivity index (χ4n) is 2.77. The Morgan fingerprint density at radius 2 is 2.25 bits per heavy atom. The summed E-state index contributed by atoms with van der Waals surface area (Å²) in [6.45, 7) is 4.04. The predicted molar refractivity (Wildman–Crippen MR) is 85.7 cm³/mol. The van der Waals surface area contributed by atoms with Gasteiger partial charge in [-0.15, -0.1) is 0 Å². The topological polar surface area (TPSA) is 32.3 Å². The third-order valence-corrected chi connectivity index (χ3v) is 4.97. The zero-order valence-electron chi connectivity index (χ0n) is 12.2. The molecular weight excluding hydrogens is 316 g/mol. The zero-order valence-corrected chi connectivity index (χ0v) is 13.8. The molecule has 1 fully saturated rings. The summed E-state index contributed by atoms with van der Waals surface area (Å²) < 4.78 is 1.09. The van der Waals surface area contributed by atoms with E-state index in [2.05, 4.69) is 34.2 Å². The van der Waals surface area contributed by atoms with Crippen molar-refractivity contribution < 1.29 is 4.79 Å². The van der Waals surface area contributed by atoms with E-state index in [0.29, 0.717) is 6.04 Å². The Morgan fingerprint density at radius 1 is 1.50 bits per heavy atom. The van der Waals surface area contributed by atoms with Crippen molar-refractivity contribution in [2.45, 2.75) is 32.2 Å². The molecule has 110 valence electrons. The molecule has 20 heavy (non-hydrogen) atoms. The van der Waals surface area contributed by atoms with Crippen molar-refractivity contribution in [1.82, 2.24) is 10.2 Å². The molecule has 1 heterocycles. The number of likely N-dealkylation sites (N-methyl/N-ethyl adjacent to an activating group) is 1. The summed E-state index contributed by atoms with van der Waals surface area (Å²) in [4.78, 5) is 14.6. The number of carbonyl (C=O) groups is 1. The lowest BCUT2D eigenvalue weighted by molar-refractivity contribution is -0.136. The Labute approximate surface area is 129 Å². The van der Waals surface area contributed by atoms with Gasteiger partial charge in [-0.1, -0.05) is 41.1 Å². The van der Waals surface area contributed by atoms with Gasteiger partial charge in [0.05, 0.1) is 0 Å². The molecule has 2 rings (SSSR count). The van der Waals surface area contributed by atoms with Gasteiger partial charge in [-0.25, -0.2) is 0 Å². The maximum absolute atomic E-state index is 12.7. The number of nitrogens with zero attached hydrogens (tertiary/aromatic N) is 1. The first-order valence-corrected chi connectivity index (χ1v) is 8.13. The Bertz CT molecular complexity index is 458. The van der Waals surface area contributed by atoms with Crippen LogP contribution in [0, 0.1) is 5.92 Å². The van der Waals surface area contributed by atoms with E-state index in [-0.39, 0.29) is 11.8 Å². The largest absolute Gasteiger partial charge is 0.341 e. The van der Waals surface area contributed by atoms with Crippen LogP contribution in [-0.4, -0.2) is 37.0 Å². The van der Waals surface area contributed by atoms with Crippen LogP contribution in [0.25, 0.3) is 0 Å². The lowest BCUT2D eigenvalue weighted by atomic mass is 9.95. The van der Waals surface area contributed by atoms with Crippen LogP contribution in [0.5, 0.6) is 0 Å². The van der Waals surface area contributed by atoms with Crippen LogP contribution in [0.15, 0.2) is 28.7 Å². The maximum Gasteiger partial charge on any atom is 0.226 e. The van der Waals surface area contributed by atoms with E-state index in [1.807, 2.05) is 30.1 Å². The summed E-state index contributed by atoms with van der Waals surface area (Å²) in [5, 5.41) is 3.32. The van der Waals surface area contributed by atoms with Crippen molar-refractivity contribution in [2.24, 2.45) is 5.92 Å². The van der Waals surface area contributed by atoms with E-state index in [0.717, 1.165) is 36.8 Å². The summed E-state index contributed by atoms with van der Waals surface area (Å²) in [6, 6.07) is 8.53. The SMILES string of the molecule is CCC(Cc1ccccc1Br)C(=O)N(C)C1CCNC1. The zero-order chi connectivity index (χ0) is 14.5. The highest BCUT2D eigenvalue weighted by atomic mass is 79.9. The third kappa shape index (κ3) is 3.61. The number of rotatable bonds is 5. The third-order valence-electron chi connectivity index (χ3n) is 4.20. The molecular formula is C16H23BrN2O. The molecule has 4 heteroatoms. The fourth-order valence-corrected chi connectivity index (χ4v) is 3.22. The molecule has 1 aromatic rings. The summed E-state index contributed by atoms with van der Waals surface area (Å²) >= 11 is 3.57. The van der Waals surface area contributed by atoms with E-state index >= 15 is 0 Å². The molecule has 0 radical (unpaired) electrons. The molecule has 1 N–H and O–H groups in total. The number of benzene rings is 1. The van der Waals surface area contributed by atoms with Gasteiger partial charge >= 0.3 is 0 Å². The van der Waals surface area contributed by atoms with Crippen molar-refractivity contribution in [3.05, 3.63) is 34.3 Å². The normalized spacial score (nSPS) is 19.9. The maximum atomic E-state index is 12.7. The highest BCUT2D eigenvalue weighted by Gasteiger charge is 2.28. The molecule has 0 saturated carbocycles. The second-order valence-corrected chi connectivity index (χ2v) is 6.35. The minimum Gasteiger partial charge on any atom is -0.341 e. The highest BCUT2D eigenvalue weighted by molar-refractivity contribution is 9.10. The van der Waals surface area contributed by atoms with Crippen molar-refractivity contribution in [3.8, 4) is 0 Å².